The Kier molecular flexibility index (Phi) is 2.43. The number of aromatic nitrogens is 1. The first-order chi connectivity index (χ1) is 7.45. The molecule has 2 aromatic rings. The first kappa shape index (κ1) is 9.31. The van der Waals surface area contributed by atoms with Crippen LogP contribution >= 0.6 is 11.3 Å². The van der Waals surface area contributed by atoms with Gasteiger partial charge in [-0.15, -0.1) is 11.3 Å². The smallest absolute Gasteiger partial charge is 0.0844 e. The molecule has 1 saturated heterocycles. The van der Waals surface area contributed by atoms with E-state index in [1.807, 2.05) is 23.6 Å². The first-order valence-corrected chi connectivity index (χ1v) is 6.36. The number of pyridine rings is 1. The van der Waals surface area contributed by atoms with Crippen molar-refractivity contribution in [1.82, 2.24) is 10.3 Å². The zero-order valence-corrected chi connectivity index (χ0v) is 9.39. The lowest BCUT2D eigenvalue weighted by molar-refractivity contribution is 0.462. The van der Waals surface area contributed by atoms with E-state index in [0.717, 1.165) is 19.0 Å². The highest BCUT2D eigenvalue weighted by Crippen LogP contribution is 2.33. The van der Waals surface area contributed by atoms with Crippen molar-refractivity contribution in [2.75, 3.05) is 13.1 Å². The number of nitrogens with zero attached hydrogens (tertiary/aromatic N) is 1. The summed E-state index contributed by atoms with van der Waals surface area (Å²) in [6.45, 7) is 2.30. The number of piperidine rings is 1. The molecule has 0 amide bonds. The number of hydrogen-bond donors (Lipinski definition) is 1. The molecule has 1 fully saturated rings. The van der Waals surface area contributed by atoms with Crippen LogP contribution in [0.1, 0.15) is 24.3 Å². The van der Waals surface area contributed by atoms with Gasteiger partial charge in [0.25, 0.3) is 0 Å². The molecule has 0 atom stereocenters. The minimum atomic E-state index is 0.717. The van der Waals surface area contributed by atoms with Crippen molar-refractivity contribution in [2.45, 2.75) is 18.8 Å². The van der Waals surface area contributed by atoms with Crippen molar-refractivity contribution in [1.29, 1.82) is 0 Å². The molecule has 15 heavy (non-hydrogen) atoms. The van der Waals surface area contributed by atoms with Gasteiger partial charge in [0.05, 0.1) is 10.2 Å². The maximum atomic E-state index is 4.51. The molecule has 0 aromatic carbocycles. The lowest BCUT2D eigenvalue weighted by atomic mass is 9.91. The van der Waals surface area contributed by atoms with Gasteiger partial charge in [0.2, 0.25) is 0 Å². The van der Waals surface area contributed by atoms with Gasteiger partial charge < -0.3 is 5.32 Å². The second-order valence-corrected chi connectivity index (χ2v) is 4.98. The molecular weight excluding hydrogens is 204 g/mol. The predicted molar refractivity (Wildman–Crippen MR) is 64.5 cm³/mol. The van der Waals surface area contributed by atoms with E-state index >= 15 is 0 Å². The van der Waals surface area contributed by atoms with Crippen LogP contribution in [0.5, 0.6) is 0 Å². The quantitative estimate of drug-likeness (QED) is 0.796. The molecule has 3 rings (SSSR count). The highest BCUT2D eigenvalue weighted by Gasteiger charge is 2.18. The minimum Gasteiger partial charge on any atom is -0.317 e. The monoisotopic (exact) mass is 218 g/mol. The number of thiophene rings is 1. The van der Waals surface area contributed by atoms with Gasteiger partial charge in [0, 0.05) is 6.20 Å². The third-order valence-corrected chi connectivity index (χ3v) is 4.09. The Morgan fingerprint density at radius 1 is 1.33 bits per heavy atom. The Bertz CT molecular complexity index is 457. The zero-order chi connectivity index (χ0) is 10.1. The van der Waals surface area contributed by atoms with Gasteiger partial charge in [0.15, 0.2) is 0 Å². The molecule has 2 aromatic heterocycles. The van der Waals surface area contributed by atoms with Gasteiger partial charge in [-0.1, -0.05) is 0 Å². The molecule has 0 radical (unpaired) electrons. The minimum absolute atomic E-state index is 0.717. The summed E-state index contributed by atoms with van der Waals surface area (Å²) in [4.78, 5) is 4.51. The van der Waals surface area contributed by atoms with Crippen LogP contribution in [0.4, 0.5) is 0 Å². The lowest BCUT2D eigenvalue weighted by Gasteiger charge is -2.21. The van der Waals surface area contributed by atoms with Gasteiger partial charge >= 0.3 is 0 Å². The third kappa shape index (κ3) is 1.66. The van der Waals surface area contributed by atoms with Crippen molar-refractivity contribution in [3.63, 3.8) is 0 Å². The molecule has 0 aliphatic carbocycles. The second-order valence-electron chi connectivity index (χ2n) is 4.07. The average Bonchev–Trinajstić information content (AvgIpc) is 2.74. The molecule has 3 heterocycles. The second kappa shape index (κ2) is 3.91. The summed E-state index contributed by atoms with van der Waals surface area (Å²) in [5, 5.41) is 5.71. The standard InChI is InChI=1S/C12H14N2S/c1-2-11-12(14-5-1)10(8-15-11)9-3-6-13-7-4-9/h1-2,5,8-9,13H,3-4,6-7H2. The first-order valence-electron chi connectivity index (χ1n) is 5.48. The van der Waals surface area contributed by atoms with Crippen LogP contribution in [-0.2, 0) is 0 Å². The van der Waals surface area contributed by atoms with Gasteiger partial charge in [-0.25, -0.2) is 0 Å². The van der Waals surface area contributed by atoms with Gasteiger partial charge in [-0.05, 0) is 54.9 Å². The molecular formula is C12H14N2S. The Balaban J connectivity index is 2.02. The maximum Gasteiger partial charge on any atom is 0.0844 e. The van der Waals surface area contributed by atoms with Crippen LogP contribution in [0, 0.1) is 0 Å². The topological polar surface area (TPSA) is 24.9 Å². The summed E-state index contributed by atoms with van der Waals surface area (Å²) in [6.07, 6.45) is 4.41. The fourth-order valence-corrected chi connectivity index (χ4v) is 3.31. The maximum absolute atomic E-state index is 4.51. The molecule has 0 spiro atoms. The molecule has 1 aliphatic heterocycles. The largest absolute Gasteiger partial charge is 0.317 e. The summed E-state index contributed by atoms with van der Waals surface area (Å²) in [5.41, 5.74) is 2.70. The summed E-state index contributed by atoms with van der Waals surface area (Å²) < 4.78 is 1.33. The van der Waals surface area contributed by atoms with E-state index in [-0.39, 0.29) is 0 Å². The summed E-state index contributed by atoms with van der Waals surface area (Å²) in [5.74, 6) is 0.717. The van der Waals surface area contributed by atoms with Crippen molar-refractivity contribution >= 4 is 21.6 Å². The summed E-state index contributed by atoms with van der Waals surface area (Å²) >= 11 is 1.82. The highest BCUT2D eigenvalue weighted by atomic mass is 32.1. The van der Waals surface area contributed by atoms with Gasteiger partial charge in [-0.3, -0.25) is 4.98 Å². The van der Waals surface area contributed by atoms with E-state index in [1.165, 1.54) is 28.6 Å². The molecule has 1 aliphatic rings. The van der Waals surface area contributed by atoms with Crippen molar-refractivity contribution in [2.24, 2.45) is 0 Å². The Morgan fingerprint density at radius 3 is 3.07 bits per heavy atom. The molecule has 0 saturated carbocycles. The fraction of sp³-hybridized carbons (Fsp3) is 0.417. The predicted octanol–water partition coefficient (Wildman–Crippen LogP) is 2.76. The number of fused-ring (bicyclic) bond motifs is 1. The van der Waals surface area contributed by atoms with E-state index < -0.39 is 0 Å². The molecule has 0 bridgehead atoms. The number of nitrogens with one attached hydrogen (secondary N) is 1. The summed E-state index contributed by atoms with van der Waals surface area (Å²) in [6, 6.07) is 4.18. The van der Waals surface area contributed by atoms with E-state index in [9.17, 15) is 0 Å². The van der Waals surface area contributed by atoms with Crippen LogP contribution in [-0.4, -0.2) is 18.1 Å². The Hall–Kier alpha value is -0.930. The molecule has 1 N–H and O–H groups in total. The lowest BCUT2D eigenvalue weighted by Crippen LogP contribution is -2.26. The van der Waals surface area contributed by atoms with Gasteiger partial charge in [0.1, 0.15) is 0 Å². The number of hydrogen-bond acceptors (Lipinski definition) is 3. The molecule has 0 unspecified atom stereocenters. The highest BCUT2D eigenvalue weighted by molar-refractivity contribution is 7.17. The van der Waals surface area contributed by atoms with Crippen LogP contribution in [0.15, 0.2) is 23.7 Å². The molecule has 2 nitrogen and oxygen atoms in total. The van der Waals surface area contributed by atoms with Crippen molar-refractivity contribution < 1.29 is 0 Å². The fourth-order valence-electron chi connectivity index (χ4n) is 2.31. The summed E-state index contributed by atoms with van der Waals surface area (Å²) in [7, 11) is 0. The molecule has 78 valence electrons. The Morgan fingerprint density at radius 2 is 2.20 bits per heavy atom. The van der Waals surface area contributed by atoms with E-state index in [4.69, 9.17) is 0 Å². The van der Waals surface area contributed by atoms with Crippen LogP contribution < -0.4 is 5.32 Å². The van der Waals surface area contributed by atoms with E-state index in [0.29, 0.717) is 0 Å². The Labute approximate surface area is 93.3 Å². The van der Waals surface area contributed by atoms with Crippen molar-refractivity contribution in [3.8, 4) is 0 Å². The molecule has 3 heteroatoms. The SMILES string of the molecule is c1cnc2c(C3CCNCC3)csc2c1. The van der Waals surface area contributed by atoms with Crippen LogP contribution in [0.25, 0.3) is 10.2 Å². The van der Waals surface area contributed by atoms with Crippen molar-refractivity contribution in [3.05, 3.63) is 29.3 Å². The van der Waals surface area contributed by atoms with Gasteiger partial charge in [-0.2, -0.15) is 0 Å². The average molecular weight is 218 g/mol. The van der Waals surface area contributed by atoms with E-state index in [2.05, 4.69) is 21.7 Å². The zero-order valence-electron chi connectivity index (χ0n) is 8.57. The number of rotatable bonds is 1. The van der Waals surface area contributed by atoms with Crippen LogP contribution in [0.3, 0.4) is 0 Å². The van der Waals surface area contributed by atoms with Crippen LogP contribution in [0.2, 0.25) is 0 Å². The van der Waals surface area contributed by atoms with E-state index in [1.54, 1.807) is 0 Å². The normalized spacial score (nSPS) is 18.4. The third-order valence-electron chi connectivity index (χ3n) is 3.14.